The van der Waals surface area contributed by atoms with Gasteiger partial charge in [0.1, 0.15) is 11.9 Å². The molecule has 1 aliphatic heterocycles. The fourth-order valence-corrected chi connectivity index (χ4v) is 1.55. The molecule has 0 radical (unpaired) electrons. The van der Waals surface area contributed by atoms with E-state index in [0.29, 0.717) is 13.1 Å². The number of rotatable bonds is 1. The summed E-state index contributed by atoms with van der Waals surface area (Å²) in [4.78, 5) is 14.8. The van der Waals surface area contributed by atoms with Crippen LogP contribution in [0.5, 0.6) is 0 Å². The second-order valence-corrected chi connectivity index (χ2v) is 3.18. The monoisotopic (exact) mass is 181 g/mol. The number of fused-ring (bicyclic) bond motifs is 1. The van der Waals surface area contributed by atoms with Crippen LogP contribution in [0.1, 0.15) is 11.5 Å². The van der Waals surface area contributed by atoms with E-state index >= 15 is 0 Å². The Hall–Kier alpha value is -1.36. The molecule has 0 aliphatic carbocycles. The molecule has 1 atom stereocenters. The average molecular weight is 181 g/mol. The van der Waals surface area contributed by atoms with Crippen molar-refractivity contribution in [1.29, 1.82) is 0 Å². The van der Waals surface area contributed by atoms with Gasteiger partial charge in [-0.15, -0.1) is 0 Å². The third-order valence-corrected chi connectivity index (χ3v) is 2.33. The van der Waals surface area contributed by atoms with Gasteiger partial charge in [0.15, 0.2) is 0 Å². The highest BCUT2D eigenvalue weighted by atomic mass is 16.4. The molecule has 2 N–H and O–H groups in total. The Labute approximate surface area is 75.4 Å². The third-order valence-electron chi connectivity index (χ3n) is 2.33. The largest absolute Gasteiger partial charge is 0.480 e. The molecule has 70 valence electrons. The third kappa shape index (κ3) is 1.31. The predicted molar refractivity (Wildman–Crippen MR) is 45.2 cm³/mol. The fraction of sp³-hybridized carbons (Fsp3) is 0.500. The number of carboxylic acid groups (broad SMARTS) is 1. The van der Waals surface area contributed by atoms with Gasteiger partial charge in [-0.2, -0.15) is 0 Å². The first kappa shape index (κ1) is 8.25. The molecule has 1 aromatic rings. The Bertz CT molecular complexity index is 345. The van der Waals surface area contributed by atoms with Crippen molar-refractivity contribution in [2.45, 2.75) is 26.1 Å². The molecule has 0 saturated carbocycles. The number of carboxylic acids is 1. The van der Waals surface area contributed by atoms with E-state index in [1.54, 1.807) is 6.20 Å². The van der Waals surface area contributed by atoms with Gasteiger partial charge in [0.2, 0.25) is 0 Å². The molecular formula is C8H11N3O2. The summed E-state index contributed by atoms with van der Waals surface area (Å²) in [5.74, 6) is 0.0708. The second-order valence-electron chi connectivity index (χ2n) is 3.18. The number of carbonyl (C=O) groups is 1. The first-order valence-electron chi connectivity index (χ1n) is 4.15. The molecule has 0 spiro atoms. The maximum absolute atomic E-state index is 10.7. The first-order chi connectivity index (χ1) is 6.18. The summed E-state index contributed by atoms with van der Waals surface area (Å²) in [5.41, 5.74) is 1.05. The summed E-state index contributed by atoms with van der Waals surface area (Å²) in [5, 5.41) is 11.7. The van der Waals surface area contributed by atoms with Gasteiger partial charge in [0, 0.05) is 12.7 Å². The van der Waals surface area contributed by atoms with E-state index in [9.17, 15) is 4.79 Å². The lowest BCUT2D eigenvalue weighted by Crippen LogP contribution is -2.44. The number of aliphatic carboxylic acids is 1. The van der Waals surface area contributed by atoms with Crippen LogP contribution in [0.4, 0.5) is 0 Å². The molecule has 5 nitrogen and oxygen atoms in total. The summed E-state index contributed by atoms with van der Waals surface area (Å²) in [7, 11) is 0. The lowest BCUT2D eigenvalue weighted by Gasteiger charge is -2.23. The fourth-order valence-electron chi connectivity index (χ4n) is 1.55. The Morgan fingerprint density at radius 2 is 2.62 bits per heavy atom. The van der Waals surface area contributed by atoms with E-state index in [4.69, 9.17) is 5.11 Å². The van der Waals surface area contributed by atoms with E-state index in [1.165, 1.54) is 0 Å². The molecule has 2 rings (SSSR count). The SMILES string of the molecule is Cc1ncc2n1CC(C(=O)O)NC2. The highest BCUT2D eigenvalue weighted by Gasteiger charge is 2.24. The summed E-state index contributed by atoms with van der Waals surface area (Å²) in [6.07, 6.45) is 1.78. The van der Waals surface area contributed by atoms with Gasteiger partial charge in [-0.3, -0.25) is 10.1 Å². The van der Waals surface area contributed by atoms with Crippen LogP contribution in [0.3, 0.4) is 0 Å². The lowest BCUT2D eigenvalue weighted by molar-refractivity contribution is -0.140. The zero-order chi connectivity index (χ0) is 9.42. The summed E-state index contributed by atoms with van der Waals surface area (Å²) in [6, 6.07) is -0.486. The number of imidazole rings is 1. The van der Waals surface area contributed by atoms with Crippen molar-refractivity contribution in [1.82, 2.24) is 14.9 Å². The maximum atomic E-state index is 10.7. The number of hydrogen-bond acceptors (Lipinski definition) is 3. The van der Waals surface area contributed by atoms with Crippen molar-refractivity contribution in [3.8, 4) is 0 Å². The molecule has 0 bridgehead atoms. The number of aromatic nitrogens is 2. The molecule has 13 heavy (non-hydrogen) atoms. The van der Waals surface area contributed by atoms with Gasteiger partial charge < -0.3 is 9.67 Å². The lowest BCUT2D eigenvalue weighted by atomic mass is 10.2. The van der Waals surface area contributed by atoms with Crippen LogP contribution in [0.25, 0.3) is 0 Å². The zero-order valence-corrected chi connectivity index (χ0v) is 7.32. The minimum absolute atomic E-state index is 0.469. The molecule has 0 aromatic carbocycles. The molecule has 1 aliphatic rings. The summed E-state index contributed by atoms with van der Waals surface area (Å²) in [6.45, 7) is 2.93. The Morgan fingerprint density at radius 1 is 1.85 bits per heavy atom. The highest BCUT2D eigenvalue weighted by Crippen LogP contribution is 2.11. The van der Waals surface area contributed by atoms with E-state index in [1.807, 2.05) is 11.5 Å². The van der Waals surface area contributed by atoms with Crippen LogP contribution in [-0.4, -0.2) is 26.7 Å². The summed E-state index contributed by atoms with van der Waals surface area (Å²) < 4.78 is 1.94. The first-order valence-corrected chi connectivity index (χ1v) is 4.15. The molecule has 0 saturated heterocycles. The van der Waals surface area contributed by atoms with E-state index in [0.717, 1.165) is 11.5 Å². The molecule has 1 unspecified atom stereocenters. The smallest absolute Gasteiger partial charge is 0.322 e. The van der Waals surface area contributed by atoms with Crippen molar-refractivity contribution in [3.63, 3.8) is 0 Å². The van der Waals surface area contributed by atoms with Gasteiger partial charge in [0.05, 0.1) is 12.2 Å². The van der Waals surface area contributed by atoms with Crippen LogP contribution in [0.2, 0.25) is 0 Å². The van der Waals surface area contributed by atoms with Gasteiger partial charge in [0.25, 0.3) is 0 Å². The van der Waals surface area contributed by atoms with Crippen molar-refractivity contribution < 1.29 is 9.90 Å². The van der Waals surface area contributed by atoms with Gasteiger partial charge in [-0.25, -0.2) is 4.98 Å². The topological polar surface area (TPSA) is 67.2 Å². The minimum atomic E-state index is -0.807. The molecule has 1 aromatic heterocycles. The van der Waals surface area contributed by atoms with Crippen LogP contribution in [0, 0.1) is 6.92 Å². The number of nitrogens with zero attached hydrogens (tertiary/aromatic N) is 2. The number of aryl methyl sites for hydroxylation is 1. The van der Waals surface area contributed by atoms with E-state index < -0.39 is 12.0 Å². The van der Waals surface area contributed by atoms with Gasteiger partial charge in [-0.1, -0.05) is 0 Å². The number of nitrogens with one attached hydrogen (secondary N) is 1. The minimum Gasteiger partial charge on any atom is -0.480 e. The van der Waals surface area contributed by atoms with Crippen LogP contribution >= 0.6 is 0 Å². The quantitative estimate of drug-likeness (QED) is 0.626. The van der Waals surface area contributed by atoms with Crippen LogP contribution in [0.15, 0.2) is 6.20 Å². The Morgan fingerprint density at radius 3 is 3.31 bits per heavy atom. The maximum Gasteiger partial charge on any atom is 0.322 e. The standard InChI is InChI=1S/C8H11N3O2/c1-5-9-2-6-3-10-7(8(12)13)4-11(5)6/h2,7,10H,3-4H2,1H3,(H,12,13). The van der Waals surface area contributed by atoms with E-state index in [2.05, 4.69) is 10.3 Å². The molecule has 0 amide bonds. The van der Waals surface area contributed by atoms with Crippen molar-refractivity contribution in [2.75, 3.05) is 0 Å². The van der Waals surface area contributed by atoms with Crippen LogP contribution in [-0.2, 0) is 17.9 Å². The Balaban J connectivity index is 2.27. The van der Waals surface area contributed by atoms with Crippen molar-refractivity contribution >= 4 is 5.97 Å². The highest BCUT2D eigenvalue weighted by molar-refractivity contribution is 5.73. The van der Waals surface area contributed by atoms with Crippen molar-refractivity contribution in [3.05, 3.63) is 17.7 Å². The predicted octanol–water partition coefficient (Wildman–Crippen LogP) is -0.252. The Kier molecular flexibility index (Phi) is 1.81. The second kappa shape index (κ2) is 2.85. The van der Waals surface area contributed by atoms with E-state index in [-0.39, 0.29) is 0 Å². The van der Waals surface area contributed by atoms with Crippen molar-refractivity contribution in [2.24, 2.45) is 0 Å². The molecule has 2 heterocycles. The molecular weight excluding hydrogens is 170 g/mol. The zero-order valence-electron chi connectivity index (χ0n) is 7.32. The number of hydrogen-bond donors (Lipinski definition) is 2. The van der Waals surface area contributed by atoms with Gasteiger partial charge >= 0.3 is 5.97 Å². The van der Waals surface area contributed by atoms with Gasteiger partial charge in [-0.05, 0) is 6.92 Å². The van der Waals surface area contributed by atoms with Crippen LogP contribution < -0.4 is 5.32 Å². The normalized spacial score (nSPS) is 21.2. The average Bonchev–Trinajstić information content (AvgIpc) is 2.47. The molecule has 0 fully saturated rings. The molecule has 5 heteroatoms. The summed E-state index contributed by atoms with van der Waals surface area (Å²) >= 11 is 0.